The van der Waals surface area contributed by atoms with Gasteiger partial charge in [0, 0.05) is 18.9 Å². The largest absolute Gasteiger partial charge is 0.460 e. The summed E-state index contributed by atoms with van der Waals surface area (Å²) in [6.07, 6.45) is 0.0606. The van der Waals surface area contributed by atoms with E-state index in [1.165, 1.54) is 10.4 Å². The molecular weight excluding hydrogens is 480 g/mol. The predicted octanol–water partition coefficient (Wildman–Crippen LogP) is 6.07. The van der Waals surface area contributed by atoms with Gasteiger partial charge in [-0.25, -0.2) is 0 Å². The second-order valence-electron chi connectivity index (χ2n) is 12.5. The highest BCUT2D eigenvalue weighted by Crippen LogP contribution is 2.44. The third kappa shape index (κ3) is 5.62. The van der Waals surface area contributed by atoms with E-state index in [0.717, 1.165) is 5.57 Å². The molecule has 1 fully saturated rings. The average Bonchev–Trinajstić information content (AvgIpc) is 3.10. The molecule has 3 rings (SSSR count). The van der Waals surface area contributed by atoms with Gasteiger partial charge in [0.1, 0.15) is 6.10 Å². The molecule has 2 aromatic carbocycles. The van der Waals surface area contributed by atoms with Gasteiger partial charge in [0.15, 0.2) is 8.32 Å². The molecule has 0 radical (unpaired) electrons. The number of rotatable bonds is 9. The summed E-state index contributed by atoms with van der Waals surface area (Å²) in [4.78, 5) is 11.3. The van der Waals surface area contributed by atoms with Crippen molar-refractivity contribution in [3.63, 3.8) is 0 Å². The van der Waals surface area contributed by atoms with Gasteiger partial charge in [-0.2, -0.15) is 0 Å². The minimum absolute atomic E-state index is 0.0503. The lowest BCUT2D eigenvalue weighted by Crippen LogP contribution is -2.68. The molecule has 0 aromatic heterocycles. The number of hydrogen-bond acceptors (Lipinski definition) is 4. The molecular formula is C30H44O4Si2. The van der Waals surface area contributed by atoms with Crippen LogP contribution in [0, 0.1) is 5.92 Å². The van der Waals surface area contributed by atoms with Crippen LogP contribution in [0.1, 0.15) is 48.0 Å². The van der Waals surface area contributed by atoms with Crippen LogP contribution in [0.15, 0.2) is 72.8 Å². The maximum Gasteiger partial charge on any atom is 0.293 e. The van der Waals surface area contributed by atoms with E-state index >= 15 is 0 Å². The van der Waals surface area contributed by atoms with Crippen LogP contribution in [0.4, 0.5) is 0 Å². The quantitative estimate of drug-likeness (QED) is 0.227. The van der Waals surface area contributed by atoms with Crippen molar-refractivity contribution in [2.24, 2.45) is 5.92 Å². The molecule has 0 saturated heterocycles. The minimum Gasteiger partial charge on any atom is -0.460 e. The number of carbonyl (C=O) groups excluding carboxylic acids is 1. The number of ether oxygens (including phenoxy) is 1. The molecule has 0 unspecified atom stereocenters. The van der Waals surface area contributed by atoms with Gasteiger partial charge in [-0.1, -0.05) is 109 Å². The zero-order valence-electron chi connectivity index (χ0n) is 23.3. The number of hydrogen-bond donors (Lipinski definition) is 0. The molecule has 6 heteroatoms. The van der Waals surface area contributed by atoms with Crippen LogP contribution in [0.5, 0.6) is 0 Å². The third-order valence-electron chi connectivity index (χ3n) is 8.18. The summed E-state index contributed by atoms with van der Waals surface area (Å²) in [5, 5.41) is 2.42. The van der Waals surface area contributed by atoms with Gasteiger partial charge in [-0.05, 0) is 39.1 Å². The molecule has 1 saturated carbocycles. The summed E-state index contributed by atoms with van der Waals surface area (Å²) >= 11 is 0. The highest BCUT2D eigenvalue weighted by Gasteiger charge is 2.54. The summed E-state index contributed by atoms with van der Waals surface area (Å²) in [6.45, 7) is 23.6. The molecule has 4 nitrogen and oxygen atoms in total. The molecule has 0 aliphatic heterocycles. The summed E-state index contributed by atoms with van der Waals surface area (Å²) in [5.41, 5.74) is 0.892. The molecule has 2 aromatic rings. The fourth-order valence-electron chi connectivity index (χ4n) is 4.99. The molecule has 196 valence electrons. The van der Waals surface area contributed by atoms with Crippen LogP contribution in [0.25, 0.3) is 0 Å². The van der Waals surface area contributed by atoms with E-state index in [1.807, 2.05) is 0 Å². The molecule has 0 heterocycles. The Balaban J connectivity index is 2.08. The second kappa shape index (κ2) is 10.8. The molecule has 0 bridgehead atoms. The van der Waals surface area contributed by atoms with Gasteiger partial charge in [0.05, 0.1) is 6.10 Å². The van der Waals surface area contributed by atoms with Crippen molar-refractivity contribution in [3.8, 4) is 0 Å². The molecule has 1 aliphatic carbocycles. The lowest BCUT2D eigenvalue weighted by Gasteiger charge is -2.46. The van der Waals surface area contributed by atoms with E-state index in [1.54, 1.807) is 0 Å². The second-order valence-corrected chi connectivity index (χ2v) is 21.6. The van der Waals surface area contributed by atoms with Crippen LogP contribution in [-0.2, 0) is 18.4 Å². The Morgan fingerprint density at radius 3 is 1.81 bits per heavy atom. The molecule has 0 N–H and O–H groups in total. The van der Waals surface area contributed by atoms with Gasteiger partial charge < -0.3 is 13.6 Å². The first-order valence-electron chi connectivity index (χ1n) is 13.0. The van der Waals surface area contributed by atoms with E-state index in [2.05, 4.69) is 122 Å². The molecule has 36 heavy (non-hydrogen) atoms. The maximum atomic E-state index is 11.3. The third-order valence-corrected chi connectivity index (χ3v) is 17.7. The van der Waals surface area contributed by atoms with Gasteiger partial charge in [-0.15, -0.1) is 0 Å². The average molecular weight is 525 g/mol. The Labute approximate surface area is 220 Å². The summed E-state index contributed by atoms with van der Waals surface area (Å²) in [6, 6.07) is 21.3. The maximum absolute atomic E-state index is 11.3. The summed E-state index contributed by atoms with van der Waals surface area (Å²) in [5.74, 6) is -0.0503. The first kappa shape index (κ1) is 28.6. The van der Waals surface area contributed by atoms with Crippen LogP contribution in [-0.4, -0.2) is 41.9 Å². The van der Waals surface area contributed by atoms with E-state index < -0.39 is 16.6 Å². The Bertz CT molecular complexity index is 983. The van der Waals surface area contributed by atoms with E-state index in [0.29, 0.717) is 19.5 Å². The highest BCUT2D eigenvalue weighted by atomic mass is 28.4. The van der Waals surface area contributed by atoms with E-state index in [4.69, 9.17) is 13.6 Å². The van der Waals surface area contributed by atoms with Crippen molar-refractivity contribution in [3.05, 3.63) is 72.8 Å². The summed E-state index contributed by atoms with van der Waals surface area (Å²) < 4.78 is 19.6. The minimum atomic E-state index is -2.78. The number of carbonyl (C=O) groups is 1. The SMILES string of the molecule is C=C1[C@H](OC=O)C[C@H](O[Si](c2ccccc2)(c2ccccc2)C(C)(C)C)[C@H]1CO[Si](C)(C)C(C)(C)C. The van der Waals surface area contributed by atoms with E-state index in [-0.39, 0.29) is 28.2 Å². The molecule has 3 atom stereocenters. The van der Waals surface area contributed by atoms with E-state index in [9.17, 15) is 4.79 Å². The van der Waals surface area contributed by atoms with Crippen LogP contribution < -0.4 is 10.4 Å². The molecule has 0 spiro atoms. The fourth-order valence-corrected chi connectivity index (χ4v) is 10.8. The monoisotopic (exact) mass is 524 g/mol. The van der Waals surface area contributed by atoms with Crippen molar-refractivity contribution >= 4 is 33.5 Å². The lowest BCUT2D eigenvalue weighted by atomic mass is 10.0. The van der Waals surface area contributed by atoms with Crippen LogP contribution in [0.3, 0.4) is 0 Å². The highest BCUT2D eigenvalue weighted by molar-refractivity contribution is 6.99. The molecule has 1 aliphatic rings. The Morgan fingerprint density at radius 1 is 0.889 bits per heavy atom. The van der Waals surface area contributed by atoms with Crippen LogP contribution in [0.2, 0.25) is 23.2 Å². The Hall–Kier alpha value is -2.00. The van der Waals surface area contributed by atoms with Gasteiger partial charge in [-0.3, -0.25) is 4.79 Å². The van der Waals surface area contributed by atoms with Gasteiger partial charge in [0.25, 0.3) is 14.8 Å². The Morgan fingerprint density at radius 2 is 1.39 bits per heavy atom. The standard InChI is InChI=1S/C30H44O4Si2/c1-23-26(21-33-35(8,9)29(2,3)4)28(20-27(23)32-22-31)34-36(30(5,6)7,24-16-12-10-13-17-24)25-18-14-11-15-19-25/h10-19,22,26-28H,1,20-21H2,2-9H3/t26-,27+,28-/m0/s1. The fraction of sp³-hybridized carbons (Fsp3) is 0.500. The Kier molecular flexibility index (Phi) is 8.55. The zero-order valence-corrected chi connectivity index (χ0v) is 25.3. The van der Waals surface area contributed by atoms with Crippen molar-refractivity contribution in [1.29, 1.82) is 0 Å². The van der Waals surface area contributed by atoms with Crippen molar-refractivity contribution in [2.45, 2.75) is 83.3 Å². The molecule has 0 amide bonds. The van der Waals surface area contributed by atoms with Crippen molar-refractivity contribution < 1.29 is 18.4 Å². The summed E-state index contributed by atoms with van der Waals surface area (Å²) in [7, 11) is -4.77. The predicted molar refractivity (Wildman–Crippen MR) is 154 cm³/mol. The van der Waals surface area contributed by atoms with Crippen molar-refractivity contribution in [2.75, 3.05) is 6.61 Å². The number of benzene rings is 2. The first-order valence-corrected chi connectivity index (χ1v) is 17.8. The first-order chi connectivity index (χ1) is 16.7. The lowest BCUT2D eigenvalue weighted by molar-refractivity contribution is -0.132. The normalized spacial score (nSPS) is 21.4. The van der Waals surface area contributed by atoms with Gasteiger partial charge >= 0.3 is 0 Å². The van der Waals surface area contributed by atoms with Crippen molar-refractivity contribution in [1.82, 2.24) is 0 Å². The van der Waals surface area contributed by atoms with Gasteiger partial charge in [0.2, 0.25) is 0 Å². The zero-order chi connectivity index (χ0) is 26.8. The smallest absolute Gasteiger partial charge is 0.293 e. The van der Waals surface area contributed by atoms with Crippen LogP contribution >= 0.6 is 0 Å². The topological polar surface area (TPSA) is 44.8 Å².